The molecule has 1 aromatic rings. The predicted octanol–water partition coefficient (Wildman–Crippen LogP) is 1.59. The summed E-state index contributed by atoms with van der Waals surface area (Å²) >= 11 is 0. The lowest BCUT2D eigenvalue weighted by molar-refractivity contribution is -0.126. The molecule has 1 aliphatic carbocycles. The molecule has 1 amide bonds. The smallest absolute Gasteiger partial charge is 0.257 e. The van der Waals surface area contributed by atoms with Crippen LogP contribution in [0.1, 0.15) is 32.1 Å². The van der Waals surface area contributed by atoms with Crippen LogP contribution in [0.25, 0.3) is 0 Å². The number of nitrogens with one attached hydrogen (secondary N) is 2. The number of amides is 1. The van der Waals surface area contributed by atoms with E-state index in [2.05, 4.69) is 10.3 Å². The van der Waals surface area contributed by atoms with Gasteiger partial charge in [0, 0.05) is 12.0 Å². The first-order valence-corrected chi connectivity index (χ1v) is 9.00. The largest absolute Gasteiger partial charge is 0.493 e. The van der Waals surface area contributed by atoms with Crippen molar-refractivity contribution in [1.29, 1.82) is 0 Å². The van der Waals surface area contributed by atoms with Crippen molar-refractivity contribution in [2.24, 2.45) is 5.92 Å². The minimum Gasteiger partial charge on any atom is -0.493 e. The average molecular weight is 342 g/mol. The van der Waals surface area contributed by atoms with Gasteiger partial charge in [-0.05, 0) is 25.0 Å². The fourth-order valence-electron chi connectivity index (χ4n) is 2.63. The van der Waals surface area contributed by atoms with E-state index in [-0.39, 0.29) is 16.7 Å². The summed E-state index contributed by atoms with van der Waals surface area (Å²) in [6, 6.07) is 4.22. The van der Waals surface area contributed by atoms with Crippen molar-refractivity contribution >= 4 is 15.9 Å². The predicted molar refractivity (Wildman–Crippen MR) is 84.6 cm³/mol. The van der Waals surface area contributed by atoms with Crippen LogP contribution in [0.5, 0.6) is 11.5 Å². The molecule has 0 heterocycles. The first kappa shape index (κ1) is 17.6. The van der Waals surface area contributed by atoms with Gasteiger partial charge >= 0.3 is 0 Å². The molecule has 0 saturated heterocycles. The molecular weight excluding hydrogens is 320 g/mol. The molecule has 2 rings (SSSR count). The van der Waals surface area contributed by atoms with Crippen molar-refractivity contribution in [3.05, 3.63) is 18.2 Å². The van der Waals surface area contributed by atoms with E-state index < -0.39 is 10.0 Å². The number of hydrogen-bond acceptors (Lipinski definition) is 5. The van der Waals surface area contributed by atoms with Crippen LogP contribution in [0, 0.1) is 5.92 Å². The SMILES string of the molecule is COc1ccc(S(=O)(=O)NNC(=O)C2CCCCC2)cc1OC. The summed E-state index contributed by atoms with van der Waals surface area (Å²) in [4.78, 5) is 14.1. The maximum absolute atomic E-state index is 12.3. The molecule has 0 radical (unpaired) electrons. The highest BCUT2D eigenvalue weighted by Gasteiger charge is 2.23. The van der Waals surface area contributed by atoms with E-state index in [0.29, 0.717) is 11.5 Å². The van der Waals surface area contributed by atoms with E-state index in [1.165, 1.54) is 32.4 Å². The van der Waals surface area contributed by atoms with Gasteiger partial charge in [-0.3, -0.25) is 10.2 Å². The second-order valence-electron chi connectivity index (χ2n) is 5.45. The monoisotopic (exact) mass is 342 g/mol. The van der Waals surface area contributed by atoms with E-state index in [9.17, 15) is 13.2 Å². The number of rotatable bonds is 6. The highest BCUT2D eigenvalue weighted by Crippen LogP contribution is 2.29. The van der Waals surface area contributed by atoms with Gasteiger partial charge in [-0.25, -0.2) is 8.42 Å². The Bertz CT molecular complexity index is 654. The van der Waals surface area contributed by atoms with E-state index in [1.807, 2.05) is 0 Å². The summed E-state index contributed by atoms with van der Waals surface area (Å²) in [6.07, 6.45) is 4.72. The van der Waals surface area contributed by atoms with Gasteiger partial charge in [0.1, 0.15) is 0 Å². The Labute approximate surface area is 136 Å². The topological polar surface area (TPSA) is 93.7 Å². The molecular formula is C15H22N2O5S. The van der Waals surface area contributed by atoms with Gasteiger partial charge < -0.3 is 9.47 Å². The van der Waals surface area contributed by atoms with Crippen molar-refractivity contribution in [2.75, 3.05) is 14.2 Å². The molecule has 1 saturated carbocycles. The Hall–Kier alpha value is -1.80. The molecule has 1 fully saturated rings. The maximum atomic E-state index is 12.3. The zero-order chi connectivity index (χ0) is 16.9. The van der Waals surface area contributed by atoms with Gasteiger partial charge in [0.15, 0.2) is 11.5 Å². The number of methoxy groups -OCH3 is 2. The third kappa shape index (κ3) is 4.35. The summed E-state index contributed by atoms with van der Waals surface area (Å²) < 4.78 is 34.7. The Kier molecular flexibility index (Phi) is 5.84. The Balaban J connectivity index is 2.05. The van der Waals surface area contributed by atoms with E-state index >= 15 is 0 Å². The number of carbonyl (C=O) groups is 1. The second-order valence-corrected chi connectivity index (χ2v) is 7.13. The van der Waals surface area contributed by atoms with Crippen molar-refractivity contribution in [3.8, 4) is 11.5 Å². The molecule has 23 heavy (non-hydrogen) atoms. The van der Waals surface area contributed by atoms with E-state index in [1.54, 1.807) is 0 Å². The second kappa shape index (κ2) is 7.65. The standard InChI is InChI=1S/C15H22N2O5S/c1-21-13-9-8-12(10-14(13)22-2)23(19,20)17-16-15(18)11-6-4-3-5-7-11/h8-11,17H,3-7H2,1-2H3,(H,16,18). The summed E-state index contributed by atoms with van der Waals surface area (Å²) in [5, 5.41) is 0. The number of carbonyl (C=O) groups excluding carboxylic acids is 1. The Morgan fingerprint density at radius 1 is 1.09 bits per heavy atom. The average Bonchev–Trinajstić information content (AvgIpc) is 2.59. The fourth-order valence-corrected chi connectivity index (χ4v) is 3.49. The van der Waals surface area contributed by atoms with E-state index in [4.69, 9.17) is 9.47 Å². The summed E-state index contributed by atoms with van der Waals surface area (Å²) in [5.41, 5.74) is 2.31. The third-order valence-corrected chi connectivity index (χ3v) is 5.20. The molecule has 0 atom stereocenters. The minimum atomic E-state index is -3.87. The van der Waals surface area contributed by atoms with Gasteiger partial charge in [0.25, 0.3) is 10.0 Å². The lowest BCUT2D eigenvalue weighted by atomic mass is 9.89. The third-order valence-electron chi connectivity index (χ3n) is 3.95. The molecule has 8 heteroatoms. The highest BCUT2D eigenvalue weighted by molar-refractivity contribution is 7.89. The van der Waals surface area contributed by atoms with Gasteiger partial charge in [0.05, 0.1) is 19.1 Å². The number of benzene rings is 1. The summed E-state index contributed by atoms with van der Waals surface area (Å²) in [5.74, 6) is 0.317. The lowest BCUT2D eigenvalue weighted by Crippen LogP contribution is -2.44. The van der Waals surface area contributed by atoms with Crippen molar-refractivity contribution < 1.29 is 22.7 Å². The molecule has 0 bridgehead atoms. The van der Waals surface area contributed by atoms with Gasteiger partial charge in [-0.1, -0.05) is 19.3 Å². The summed E-state index contributed by atoms with van der Waals surface area (Å²) in [7, 11) is -0.979. The van der Waals surface area contributed by atoms with Gasteiger partial charge in [0.2, 0.25) is 5.91 Å². The van der Waals surface area contributed by atoms with Crippen LogP contribution in [0.15, 0.2) is 23.1 Å². The van der Waals surface area contributed by atoms with Crippen LogP contribution in [-0.2, 0) is 14.8 Å². The minimum absolute atomic E-state index is 0.0147. The van der Waals surface area contributed by atoms with Gasteiger partial charge in [-0.2, -0.15) is 0 Å². The number of hydrogen-bond donors (Lipinski definition) is 2. The first-order valence-electron chi connectivity index (χ1n) is 7.51. The molecule has 1 aliphatic rings. The van der Waals surface area contributed by atoms with Gasteiger partial charge in [-0.15, -0.1) is 4.83 Å². The maximum Gasteiger partial charge on any atom is 0.257 e. The van der Waals surface area contributed by atoms with Crippen molar-refractivity contribution in [1.82, 2.24) is 10.3 Å². The Morgan fingerprint density at radius 2 is 1.74 bits per heavy atom. The molecule has 0 aliphatic heterocycles. The molecule has 0 aromatic heterocycles. The van der Waals surface area contributed by atoms with Crippen LogP contribution in [0.3, 0.4) is 0 Å². The molecule has 128 valence electrons. The number of sulfonamides is 1. The zero-order valence-corrected chi connectivity index (χ0v) is 14.1. The van der Waals surface area contributed by atoms with Crippen LogP contribution in [0.2, 0.25) is 0 Å². The number of ether oxygens (including phenoxy) is 2. The quantitative estimate of drug-likeness (QED) is 0.766. The lowest BCUT2D eigenvalue weighted by Gasteiger charge is -2.20. The number of hydrazine groups is 1. The molecule has 0 spiro atoms. The molecule has 2 N–H and O–H groups in total. The Morgan fingerprint density at radius 3 is 2.35 bits per heavy atom. The van der Waals surface area contributed by atoms with E-state index in [0.717, 1.165) is 32.1 Å². The molecule has 7 nitrogen and oxygen atoms in total. The van der Waals surface area contributed by atoms with Crippen molar-refractivity contribution in [3.63, 3.8) is 0 Å². The van der Waals surface area contributed by atoms with Crippen LogP contribution < -0.4 is 19.7 Å². The van der Waals surface area contributed by atoms with Crippen LogP contribution in [-0.4, -0.2) is 28.5 Å². The zero-order valence-electron chi connectivity index (χ0n) is 13.3. The molecule has 1 aromatic carbocycles. The van der Waals surface area contributed by atoms with Crippen molar-refractivity contribution in [2.45, 2.75) is 37.0 Å². The molecule has 0 unspecified atom stereocenters. The van der Waals surface area contributed by atoms with Crippen LogP contribution in [0.4, 0.5) is 0 Å². The fraction of sp³-hybridized carbons (Fsp3) is 0.533. The first-order chi connectivity index (χ1) is 11.0. The normalized spacial score (nSPS) is 15.9. The summed E-state index contributed by atoms with van der Waals surface area (Å²) in [6.45, 7) is 0. The highest BCUT2D eigenvalue weighted by atomic mass is 32.2. The van der Waals surface area contributed by atoms with Crippen LogP contribution >= 0.6 is 0 Å².